The number of nitro groups is 5. The molecular formula is C22H18N8O13. The van der Waals surface area contributed by atoms with Crippen molar-refractivity contribution in [2.45, 2.75) is 26.9 Å². The number of aromatic amines is 1. The van der Waals surface area contributed by atoms with E-state index in [0.29, 0.717) is 18.0 Å². The Balaban J connectivity index is 0.000000480. The lowest BCUT2D eigenvalue weighted by Gasteiger charge is -2.09. The maximum Gasteiger partial charge on any atom is 0.349 e. The highest BCUT2D eigenvalue weighted by Gasteiger charge is 2.41. The molecule has 0 radical (unpaired) electrons. The normalized spacial score (nSPS) is 11.7. The Morgan fingerprint density at radius 2 is 1.35 bits per heavy atom. The van der Waals surface area contributed by atoms with Crippen LogP contribution in [0.1, 0.15) is 30.8 Å². The first-order chi connectivity index (χ1) is 20.2. The molecule has 1 unspecified atom stereocenters. The summed E-state index contributed by atoms with van der Waals surface area (Å²) in [5.41, 5.74) is -5.01. The van der Waals surface area contributed by atoms with Crippen molar-refractivity contribution in [3.63, 3.8) is 0 Å². The number of ether oxygens (including phenoxy) is 1. The molecule has 1 aliphatic rings. The van der Waals surface area contributed by atoms with E-state index < -0.39 is 76.3 Å². The van der Waals surface area contributed by atoms with Gasteiger partial charge in [0, 0.05) is 30.2 Å². The molecule has 0 bridgehead atoms. The number of rotatable bonds is 9. The fourth-order valence-corrected chi connectivity index (χ4v) is 3.80. The largest absolute Gasteiger partial charge is 0.463 e. The number of carbonyl (C=O) groups is 1. The zero-order valence-electron chi connectivity index (χ0n) is 22.1. The Hall–Kier alpha value is -6.41. The van der Waals surface area contributed by atoms with Crippen LogP contribution in [0, 0.1) is 57.5 Å². The van der Waals surface area contributed by atoms with Crippen LogP contribution in [0.3, 0.4) is 0 Å². The summed E-state index contributed by atoms with van der Waals surface area (Å²) < 4.78 is 4.77. The molecule has 224 valence electrons. The van der Waals surface area contributed by atoms with Crippen molar-refractivity contribution in [1.29, 1.82) is 0 Å². The Bertz CT molecular complexity index is 1630. The molecule has 3 aromatic rings. The van der Waals surface area contributed by atoms with E-state index in [2.05, 4.69) is 15.1 Å². The number of oxime groups is 1. The van der Waals surface area contributed by atoms with Gasteiger partial charge in [-0.05, 0) is 18.8 Å². The third-order valence-electron chi connectivity index (χ3n) is 5.59. The topological polar surface area (TPSA) is 292 Å². The van der Waals surface area contributed by atoms with Crippen molar-refractivity contribution >= 4 is 40.2 Å². The number of esters is 1. The minimum atomic E-state index is -1.30. The van der Waals surface area contributed by atoms with Crippen molar-refractivity contribution in [2.75, 3.05) is 6.61 Å². The minimum absolute atomic E-state index is 0.0194. The highest BCUT2D eigenvalue weighted by molar-refractivity contribution is 6.27. The van der Waals surface area contributed by atoms with Crippen molar-refractivity contribution in [3.8, 4) is 11.1 Å². The molecule has 1 aromatic heterocycles. The predicted molar refractivity (Wildman–Crippen MR) is 141 cm³/mol. The van der Waals surface area contributed by atoms with E-state index >= 15 is 0 Å². The molecule has 1 heterocycles. The number of carbonyl (C=O) groups excluding carboxylic acids is 1. The SMILES string of the molecule is CCOC(=O)C(C)ON=C1c2cc([N+](=O)[O-])cc([N+](=O)[O-])c2-c2c1cc([N+](=O)[O-])cc2[N+](=O)[O-].Cc1ncc([N+](=O)[O-])[nH]1. The van der Waals surface area contributed by atoms with Crippen molar-refractivity contribution in [1.82, 2.24) is 9.97 Å². The zero-order valence-corrected chi connectivity index (χ0v) is 22.1. The summed E-state index contributed by atoms with van der Waals surface area (Å²) in [6.07, 6.45) is -0.114. The number of imidazole rings is 1. The Morgan fingerprint density at radius 3 is 1.67 bits per heavy atom. The molecular weight excluding hydrogens is 584 g/mol. The van der Waals surface area contributed by atoms with Gasteiger partial charge in [-0.2, -0.15) is 0 Å². The van der Waals surface area contributed by atoms with Crippen LogP contribution in [-0.2, 0) is 14.4 Å². The van der Waals surface area contributed by atoms with Crippen LogP contribution in [-0.4, -0.2) is 59.0 Å². The third kappa shape index (κ3) is 6.50. The van der Waals surface area contributed by atoms with Crippen LogP contribution < -0.4 is 0 Å². The van der Waals surface area contributed by atoms with Crippen LogP contribution in [0.5, 0.6) is 0 Å². The number of aromatic nitrogens is 2. The number of non-ortho nitro benzene ring substituents is 2. The van der Waals surface area contributed by atoms with Crippen molar-refractivity contribution in [2.24, 2.45) is 5.16 Å². The summed E-state index contributed by atoms with van der Waals surface area (Å²) in [5, 5.41) is 59.8. The number of H-pyrrole nitrogens is 1. The van der Waals surface area contributed by atoms with Gasteiger partial charge in [0.2, 0.25) is 6.10 Å². The number of hydrogen-bond acceptors (Lipinski definition) is 15. The van der Waals surface area contributed by atoms with E-state index in [9.17, 15) is 55.4 Å². The lowest BCUT2D eigenvalue weighted by atomic mass is 10.0. The molecule has 1 N–H and O–H groups in total. The molecule has 2 aromatic carbocycles. The monoisotopic (exact) mass is 602 g/mol. The van der Waals surface area contributed by atoms with Crippen molar-refractivity contribution in [3.05, 3.63) is 98.0 Å². The smallest absolute Gasteiger partial charge is 0.349 e. The predicted octanol–water partition coefficient (Wildman–Crippen LogP) is 3.65. The molecule has 4 rings (SSSR count). The van der Waals surface area contributed by atoms with Crippen molar-refractivity contribution < 1.29 is 39.0 Å². The number of fused-ring (bicyclic) bond motifs is 3. The second kappa shape index (κ2) is 12.4. The van der Waals surface area contributed by atoms with Gasteiger partial charge in [-0.1, -0.05) is 5.16 Å². The molecule has 0 fully saturated rings. The van der Waals surface area contributed by atoms with Crippen LogP contribution in [0.15, 0.2) is 35.6 Å². The second-order valence-electron chi connectivity index (χ2n) is 8.35. The fraction of sp³-hybridized carbons (Fsp3) is 0.227. The fourth-order valence-electron chi connectivity index (χ4n) is 3.80. The molecule has 0 amide bonds. The van der Waals surface area contributed by atoms with E-state index in [1.807, 2.05) is 0 Å². The minimum Gasteiger partial charge on any atom is -0.463 e. The van der Waals surface area contributed by atoms with Gasteiger partial charge < -0.3 is 19.7 Å². The van der Waals surface area contributed by atoms with Crippen LogP contribution in [0.4, 0.5) is 28.6 Å². The maximum atomic E-state index is 11.8. The molecule has 21 heteroatoms. The van der Waals surface area contributed by atoms with Gasteiger partial charge in [0.1, 0.15) is 11.9 Å². The molecule has 0 saturated heterocycles. The molecule has 1 aliphatic carbocycles. The van der Waals surface area contributed by atoms with Gasteiger partial charge in [-0.3, -0.25) is 40.5 Å². The summed E-state index contributed by atoms with van der Waals surface area (Å²) in [4.78, 5) is 74.8. The van der Waals surface area contributed by atoms with E-state index in [1.165, 1.54) is 20.0 Å². The Labute approximate surface area is 237 Å². The summed E-state index contributed by atoms with van der Waals surface area (Å²) in [5.74, 6) is -0.338. The first kappa shape index (κ1) is 31.1. The number of hydrogen-bond donors (Lipinski definition) is 1. The Morgan fingerprint density at radius 1 is 0.860 bits per heavy atom. The van der Waals surface area contributed by atoms with Gasteiger partial charge in [-0.25, -0.2) is 14.8 Å². The van der Waals surface area contributed by atoms with E-state index in [-0.39, 0.29) is 23.6 Å². The lowest BCUT2D eigenvalue weighted by Crippen LogP contribution is -2.22. The summed E-state index contributed by atoms with van der Waals surface area (Å²) in [6.45, 7) is 4.47. The zero-order chi connectivity index (χ0) is 32.2. The Kier molecular flexibility index (Phi) is 8.98. The van der Waals surface area contributed by atoms with Crippen LogP contribution in [0.2, 0.25) is 0 Å². The first-order valence-corrected chi connectivity index (χ1v) is 11.7. The van der Waals surface area contributed by atoms with Gasteiger partial charge in [0.05, 0.1) is 49.6 Å². The highest BCUT2D eigenvalue weighted by Crippen LogP contribution is 2.50. The van der Waals surface area contributed by atoms with Crippen LogP contribution in [0.25, 0.3) is 11.1 Å². The number of nitro benzene ring substituents is 4. The molecule has 43 heavy (non-hydrogen) atoms. The second-order valence-corrected chi connectivity index (χ2v) is 8.35. The summed E-state index contributed by atoms with van der Waals surface area (Å²) in [6, 6.07) is 2.96. The van der Waals surface area contributed by atoms with Gasteiger partial charge in [-0.15, -0.1) is 0 Å². The van der Waals surface area contributed by atoms with Gasteiger partial charge in [0.25, 0.3) is 22.7 Å². The van der Waals surface area contributed by atoms with Gasteiger partial charge >= 0.3 is 11.8 Å². The van der Waals surface area contributed by atoms with E-state index in [0.717, 1.165) is 12.1 Å². The van der Waals surface area contributed by atoms with Crippen LogP contribution >= 0.6 is 0 Å². The van der Waals surface area contributed by atoms with Gasteiger partial charge in [0.15, 0.2) is 5.82 Å². The molecule has 0 saturated carbocycles. The number of nitrogens with one attached hydrogen (secondary N) is 1. The molecule has 21 nitrogen and oxygen atoms in total. The average molecular weight is 602 g/mol. The maximum absolute atomic E-state index is 11.8. The summed E-state index contributed by atoms with van der Waals surface area (Å²) in [7, 11) is 0. The standard InChI is InChI=1S/C18H13N5O11.C4H5N3O2/c1-3-33-18(24)8(2)34-19-17-11-4-9(20(25)26)6-13(22(29)30)15(11)16-12(17)5-10(21(27)28)7-14(16)23(31)32;1-3-5-2-4(6-3)7(8)9/h4-8H,3H2,1-2H3;2H,1H3,(H,5,6). The number of aryl methyl sites for hydroxylation is 1. The van der Waals surface area contributed by atoms with E-state index in [4.69, 9.17) is 9.57 Å². The quantitative estimate of drug-likeness (QED) is 0.162. The first-order valence-electron chi connectivity index (χ1n) is 11.7. The summed E-state index contributed by atoms with van der Waals surface area (Å²) >= 11 is 0. The lowest BCUT2D eigenvalue weighted by molar-refractivity contribution is -0.395. The highest BCUT2D eigenvalue weighted by atomic mass is 16.7. The molecule has 0 aliphatic heterocycles. The number of benzene rings is 2. The molecule has 0 spiro atoms. The average Bonchev–Trinajstić information content (AvgIpc) is 3.52. The molecule has 1 atom stereocenters. The van der Waals surface area contributed by atoms with E-state index in [1.54, 1.807) is 6.92 Å². The third-order valence-corrected chi connectivity index (χ3v) is 5.59. The number of nitrogens with zero attached hydrogens (tertiary/aromatic N) is 7.